The number of esters is 1. The molecule has 0 amide bonds. The quantitative estimate of drug-likeness (QED) is 0.471. The van der Waals surface area contributed by atoms with Crippen molar-refractivity contribution in [2.75, 3.05) is 20.3 Å². The van der Waals surface area contributed by atoms with Gasteiger partial charge in [-0.25, -0.2) is 4.39 Å². The van der Waals surface area contributed by atoms with Crippen molar-refractivity contribution in [1.29, 1.82) is 0 Å². The van der Waals surface area contributed by atoms with E-state index in [0.29, 0.717) is 18.8 Å². The molecule has 1 aromatic rings. The van der Waals surface area contributed by atoms with Crippen molar-refractivity contribution in [3.05, 3.63) is 39.2 Å². The van der Waals surface area contributed by atoms with Gasteiger partial charge in [0.1, 0.15) is 11.6 Å². The van der Waals surface area contributed by atoms with Crippen molar-refractivity contribution in [3.8, 4) is 5.75 Å². The van der Waals surface area contributed by atoms with Crippen LogP contribution in [0.25, 0.3) is 0 Å². The van der Waals surface area contributed by atoms with E-state index >= 15 is 0 Å². The maximum atomic E-state index is 14.2. The summed E-state index contributed by atoms with van der Waals surface area (Å²) in [6.45, 7) is 1.43. The van der Waals surface area contributed by atoms with Crippen LogP contribution in [0.5, 0.6) is 5.75 Å². The normalized spacial score (nSPS) is 15.8. The summed E-state index contributed by atoms with van der Waals surface area (Å²) in [6, 6.07) is 2.79. The van der Waals surface area contributed by atoms with E-state index in [-0.39, 0.29) is 5.56 Å². The number of nitro groups is 1. The number of benzene rings is 1. The van der Waals surface area contributed by atoms with Crippen LogP contribution >= 0.6 is 0 Å². The molecule has 2 rings (SSSR count). The van der Waals surface area contributed by atoms with Crippen LogP contribution in [0, 0.1) is 21.8 Å². The first kappa shape index (κ1) is 15.2. The van der Waals surface area contributed by atoms with Crippen LogP contribution < -0.4 is 4.74 Å². The van der Waals surface area contributed by atoms with Gasteiger partial charge in [0, 0.05) is 17.4 Å². The summed E-state index contributed by atoms with van der Waals surface area (Å²) >= 11 is 0. The van der Waals surface area contributed by atoms with E-state index in [1.54, 1.807) is 6.07 Å². The maximum absolute atomic E-state index is 14.2. The average molecular weight is 297 g/mol. The number of hydrogen-bond acceptors (Lipinski definition) is 5. The number of rotatable bonds is 5. The molecule has 1 heterocycles. The zero-order chi connectivity index (χ0) is 15.6. The molecule has 2 atom stereocenters. The van der Waals surface area contributed by atoms with Crippen LogP contribution in [0.3, 0.4) is 0 Å². The first-order chi connectivity index (χ1) is 9.93. The minimum atomic E-state index is -0.877. The SMILES string of the molecule is COC(=O)C(C)[C@@H](C[N+](=O)[O-])c1cc2c(cc1F)OCC2. The standard InChI is InChI=1S/C14H16FNO5/c1-8(14(17)20-2)11(7-16(18)19)10-5-9-3-4-21-13(9)6-12(10)15/h5-6,8,11H,3-4,7H2,1-2H3/t8?,11-/m1/s1. The molecule has 114 valence electrons. The number of carbonyl (C=O) groups is 1. The summed E-state index contributed by atoms with van der Waals surface area (Å²) in [5.74, 6) is -2.42. The number of methoxy groups -OCH3 is 1. The van der Waals surface area contributed by atoms with Crippen molar-refractivity contribution in [2.45, 2.75) is 19.3 Å². The molecule has 0 spiro atoms. The molecule has 1 aromatic carbocycles. The van der Waals surface area contributed by atoms with Gasteiger partial charge in [-0.2, -0.15) is 0 Å². The summed E-state index contributed by atoms with van der Waals surface area (Å²) in [4.78, 5) is 22.0. The van der Waals surface area contributed by atoms with E-state index in [1.165, 1.54) is 20.1 Å². The number of halogens is 1. The van der Waals surface area contributed by atoms with Crippen molar-refractivity contribution >= 4 is 5.97 Å². The lowest BCUT2D eigenvalue weighted by molar-refractivity contribution is -0.484. The van der Waals surface area contributed by atoms with Crippen LogP contribution in [0.15, 0.2) is 12.1 Å². The van der Waals surface area contributed by atoms with E-state index in [4.69, 9.17) is 4.74 Å². The van der Waals surface area contributed by atoms with Gasteiger partial charge in [0.2, 0.25) is 6.54 Å². The highest BCUT2D eigenvalue weighted by molar-refractivity contribution is 5.73. The molecule has 0 bridgehead atoms. The molecule has 0 radical (unpaired) electrons. The highest BCUT2D eigenvalue weighted by Crippen LogP contribution is 2.34. The molecule has 0 aromatic heterocycles. The highest BCUT2D eigenvalue weighted by atomic mass is 19.1. The fourth-order valence-electron chi connectivity index (χ4n) is 2.54. The van der Waals surface area contributed by atoms with E-state index in [9.17, 15) is 19.3 Å². The molecule has 0 fully saturated rings. The van der Waals surface area contributed by atoms with Gasteiger partial charge >= 0.3 is 5.97 Å². The fourth-order valence-corrected chi connectivity index (χ4v) is 2.54. The van der Waals surface area contributed by atoms with Crippen molar-refractivity contribution in [2.24, 2.45) is 5.92 Å². The van der Waals surface area contributed by atoms with E-state index in [2.05, 4.69) is 4.74 Å². The predicted octanol–water partition coefficient (Wildman–Crippen LogP) is 1.93. The van der Waals surface area contributed by atoms with Crippen LogP contribution in [-0.2, 0) is 16.0 Å². The minimum absolute atomic E-state index is 0.161. The smallest absolute Gasteiger partial charge is 0.309 e. The number of hydrogen-bond donors (Lipinski definition) is 0. The lowest BCUT2D eigenvalue weighted by Gasteiger charge is -2.20. The molecule has 1 aliphatic rings. The second kappa shape index (κ2) is 6.07. The van der Waals surface area contributed by atoms with Gasteiger partial charge in [-0.1, -0.05) is 6.92 Å². The van der Waals surface area contributed by atoms with Crippen LogP contribution in [0.2, 0.25) is 0 Å². The average Bonchev–Trinajstić information content (AvgIpc) is 2.89. The highest BCUT2D eigenvalue weighted by Gasteiger charge is 2.33. The second-order valence-electron chi connectivity index (χ2n) is 5.01. The molecule has 0 saturated heterocycles. The number of carbonyl (C=O) groups excluding carboxylic acids is 1. The monoisotopic (exact) mass is 297 g/mol. The maximum Gasteiger partial charge on any atom is 0.309 e. The van der Waals surface area contributed by atoms with E-state index < -0.39 is 35.1 Å². The Balaban J connectivity index is 2.41. The van der Waals surface area contributed by atoms with Gasteiger partial charge in [-0.15, -0.1) is 0 Å². The lowest BCUT2D eigenvalue weighted by Crippen LogP contribution is -2.27. The fraction of sp³-hybridized carbons (Fsp3) is 0.500. The molecule has 1 unspecified atom stereocenters. The summed E-state index contributed by atoms with van der Waals surface area (Å²) < 4.78 is 24.1. The zero-order valence-corrected chi connectivity index (χ0v) is 11.8. The number of fused-ring (bicyclic) bond motifs is 1. The predicted molar refractivity (Wildman–Crippen MR) is 71.4 cm³/mol. The molecule has 6 nitrogen and oxygen atoms in total. The summed E-state index contributed by atoms with van der Waals surface area (Å²) in [6.07, 6.45) is 0.625. The molecule has 1 aliphatic heterocycles. The van der Waals surface area contributed by atoms with Crippen LogP contribution in [-0.4, -0.2) is 31.2 Å². The Morgan fingerprint density at radius 3 is 2.90 bits per heavy atom. The Morgan fingerprint density at radius 2 is 2.29 bits per heavy atom. The third-order valence-electron chi connectivity index (χ3n) is 3.73. The molecule has 21 heavy (non-hydrogen) atoms. The van der Waals surface area contributed by atoms with Crippen molar-refractivity contribution in [3.63, 3.8) is 0 Å². The molecular formula is C14H16FNO5. The molecular weight excluding hydrogens is 281 g/mol. The van der Waals surface area contributed by atoms with Crippen molar-refractivity contribution in [1.82, 2.24) is 0 Å². The first-order valence-corrected chi connectivity index (χ1v) is 6.58. The molecule has 0 aliphatic carbocycles. The summed E-state index contributed by atoms with van der Waals surface area (Å²) in [5.41, 5.74) is 0.964. The molecule has 7 heteroatoms. The Hall–Kier alpha value is -2.18. The van der Waals surface area contributed by atoms with Gasteiger partial charge in [0.15, 0.2) is 0 Å². The van der Waals surface area contributed by atoms with Gasteiger partial charge in [0.25, 0.3) is 0 Å². The summed E-state index contributed by atoms with van der Waals surface area (Å²) in [7, 11) is 1.20. The van der Waals surface area contributed by atoms with Gasteiger partial charge in [0.05, 0.1) is 25.6 Å². The van der Waals surface area contributed by atoms with E-state index in [1.807, 2.05) is 0 Å². The Labute approximate surface area is 121 Å². The van der Waals surface area contributed by atoms with Gasteiger partial charge in [-0.3, -0.25) is 14.9 Å². The van der Waals surface area contributed by atoms with Gasteiger partial charge in [-0.05, 0) is 17.2 Å². The number of ether oxygens (including phenoxy) is 2. The summed E-state index contributed by atoms with van der Waals surface area (Å²) in [5, 5.41) is 10.8. The van der Waals surface area contributed by atoms with Gasteiger partial charge < -0.3 is 9.47 Å². The topological polar surface area (TPSA) is 78.7 Å². The molecule has 0 saturated carbocycles. The Bertz CT molecular complexity index is 575. The third-order valence-corrected chi connectivity index (χ3v) is 3.73. The van der Waals surface area contributed by atoms with E-state index in [0.717, 1.165) is 5.56 Å². The lowest BCUT2D eigenvalue weighted by atomic mass is 9.85. The van der Waals surface area contributed by atoms with Crippen molar-refractivity contribution < 1.29 is 23.6 Å². The largest absolute Gasteiger partial charge is 0.493 e. The first-order valence-electron chi connectivity index (χ1n) is 6.58. The minimum Gasteiger partial charge on any atom is -0.493 e. The second-order valence-corrected chi connectivity index (χ2v) is 5.01. The van der Waals surface area contributed by atoms with Crippen LogP contribution in [0.1, 0.15) is 24.0 Å². The zero-order valence-electron chi connectivity index (χ0n) is 11.8. The number of nitrogens with zero attached hydrogens (tertiary/aromatic N) is 1. The molecule has 0 N–H and O–H groups in total. The van der Waals surface area contributed by atoms with Crippen LogP contribution in [0.4, 0.5) is 4.39 Å². The Morgan fingerprint density at radius 1 is 1.57 bits per heavy atom. The third kappa shape index (κ3) is 3.12. The Kier molecular flexibility index (Phi) is 4.40.